The summed E-state index contributed by atoms with van der Waals surface area (Å²) in [5.41, 5.74) is 1.01. The highest BCUT2D eigenvalue weighted by Gasteiger charge is 2.32. The lowest BCUT2D eigenvalue weighted by molar-refractivity contribution is 0.477. The molecule has 126 valence electrons. The Balaban J connectivity index is 1.33. The van der Waals surface area contributed by atoms with Gasteiger partial charge in [-0.3, -0.25) is 0 Å². The van der Waals surface area contributed by atoms with Gasteiger partial charge in [-0.2, -0.15) is 5.26 Å². The molecule has 3 aromatic rings. The molecule has 2 fully saturated rings. The van der Waals surface area contributed by atoms with E-state index in [9.17, 15) is 5.26 Å². The maximum atomic E-state index is 9.33. The average Bonchev–Trinajstić information content (AvgIpc) is 3.25. The van der Waals surface area contributed by atoms with Gasteiger partial charge in [0.1, 0.15) is 6.07 Å². The second kappa shape index (κ2) is 5.41. The maximum Gasteiger partial charge on any atom is 0.234 e. The number of nitriles is 1. The molecule has 1 saturated carbocycles. The molecule has 1 saturated heterocycles. The molecule has 0 atom stereocenters. The summed E-state index contributed by atoms with van der Waals surface area (Å²) in [5, 5.41) is 25.1. The van der Waals surface area contributed by atoms with E-state index in [0.717, 1.165) is 44.8 Å². The predicted molar refractivity (Wildman–Crippen MR) is 86.2 cm³/mol. The van der Waals surface area contributed by atoms with Crippen LogP contribution < -0.4 is 9.80 Å². The molecular formula is C15H15N9O. The number of fused-ring (bicyclic) bond motifs is 1. The first-order chi connectivity index (χ1) is 12.3. The van der Waals surface area contributed by atoms with Gasteiger partial charge < -0.3 is 14.2 Å². The number of piperazine rings is 1. The number of hydrogen-bond donors (Lipinski definition) is 0. The number of oxazole rings is 1. The van der Waals surface area contributed by atoms with Crippen molar-refractivity contribution in [1.82, 2.24) is 30.2 Å². The van der Waals surface area contributed by atoms with Crippen LogP contribution in [0.2, 0.25) is 0 Å². The Bertz CT molecular complexity index is 959. The zero-order valence-corrected chi connectivity index (χ0v) is 13.4. The molecule has 0 bridgehead atoms. The summed E-state index contributed by atoms with van der Waals surface area (Å²) >= 11 is 0. The summed E-state index contributed by atoms with van der Waals surface area (Å²) < 4.78 is 7.31. The monoisotopic (exact) mass is 337 g/mol. The van der Waals surface area contributed by atoms with Crippen LogP contribution in [0, 0.1) is 11.3 Å². The summed E-state index contributed by atoms with van der Waals surface area (Å²) in [4.78, 5) is 8.61. The highest BCUT2D eigenvalue weighted by atomic mass is 16.4. The van der Waals surface area contributed by atoms with Gasteiger partial charge in [-0.25, -0.2) is 4.98 Å². The van der Waals surface area contributed by atoms with E-state index in [4.69, 9.17) is 4.42 Å². The summed E-state index contributed by atoms with van der Waals surface area (Å²) in [5.74, 6) is 2.54. The van der Waals surface area contributed by atoms with Crippen LogP contribution in [0.15, 0.2) is 16.5 Å². The molecule has 2 aliphatic rings. The standard InChI is InChI=1S/C15H15N9O/c16-9-11-15(25-14(17-11)10-1-2-10)23-7-5-22(6-8-23)13-4-3-12-18-20-21-24(12)19-13/h3-4,10H,1-2,5-8H2. The van der Waals surface area contributed by atoms with Gasteiger partial charge in [-0.05, 0) is 35.4 Å². The van der Waals surface area contributed by atoms with E-state index < -0.39 is 0 Å². The second-order valence-electron chi connectivity index (χ2n) is 6.28. The fourth-order valence-electron chi connectivity index (χ4n) is 3.07. The smallest absolute Gasteiger partial charge is 0.234 e. The Labute approximate surface area is 142 Å². The van der Waals surface area contributed by atoms with Gasteiger partial charge in [0.2, 0.25) is 17.5 Å². The molecule has 0 aromatic carbocycles. The third-order valence-electron chi connectivity index (χ3n) is 4.60. The van der Waals surface area contributed by atoms with Gasteiger partial charge in [-0.1, -0.05) is 0 Å². The van der Waals surface area contributed by atoms with Crippen molar-refractivity contribution >= 4 is 17.3 Å². The minimum atomic E-state index is 0.392. The molecule has 4 heterocycles. The molecular weight excluding hydrogens is 322 g/mol. The molecule has 1 aliphatic heterocycles. The van der Waals surface area contributed by atoms with Gasteiger partial charge in [0.15, 0.2) is 11.5 Å². The lowest BCUT2D eigenvalue weighted by Gasteiger charge is -2.34. The number of nitrogens with zero attached hydrogens (tertiary/aromatic N) is 9. The van der Waals surface area contributed by atoms with E-state index in [-0.39, 0.29) is 0 Å². The van der Waals surface area contributed by atoms with Crippen molar-refractivity contribution in [1.29, 1.82) is 5.26 Å². The van der Waals surface area contributed by atoms with Crippen LogP contribution in [-0.4, -0.2) is 56.4 Å². The van der Waals surface area contributed by atoms with Crippen molar-refractivity contribution in [2.75, 3.05) is 36.0 Å². The summed E-state index contributed by atoms with van der Waals surface area (Å²) in [6.07, 6.45) is 2.20. The van der Waals surface area contributed by atoms with Crippen LogP contribution in [0.25, 0.3) is 5.65 Å². The Morgan fingerprint density at radius 2 is 1.92 bits per heavy atom. The zero-order valence-electron chi connectivity index (χ0n) is 13.4. The Hall–Kier alpha value is -3.22. The van der Waals surface area contributed by atoms with Crippen molar-refractivity contribution in [2.45, 2.75) is 18.8 Å². The topological polar surface area (TPSA) is 112 Å². The molecule has 3 aromatic heterocycles. The largest absolute Gasteiger partial charge is 0.423 e. The third kappa shape index (κ3) is 2.44. The second-order valence-corrected chi connectivity index (χ2v) is 6.28. The summed E-state index contributed by atoms with van der Waals surface area (Å²) in [6, 6.07) is 5.92. The van der Waals surface area contributed by atoms with E-state index in [1.807, 2.05) is 12.1 Å². The minimum Gasteiger partial charge on any atom is -0.423 e. The highest BCUT2D eigenvalue weighted by Crippen LogP contribution is 2.41. The lowest BCUT2D eigenvalue weighted by Crippen LogP contribution is -2.47. The van der Waals surface area contributed by atoms with Crippen LogP contribution >= 0.6 is 0 Å². The SMILES string of the molecule is N#Cc1nc(C2CC2)oc1N1CCN(c2ccc3nnnn3n2)CC1. The van der Waals surface area contributed by atoms with Gasteiger partial charge in [0.25, 0.3) is 0 Å². The molecule has 10 heteroatoms. The molecule has 1 aliphatic carbocycles. The quantitative estimate of drug-likeness (QED) is 0.677. The Morgan fingerprint density at radius 1 is 1.12 bits per heavy atom. The number of rotatable bonds is 3. The Morgan fingerprint density at radius 3 is 2.68 bits per heavy atom. The van der Waals surface area contributed by atoms with E-state index in [1.54, 1.807) is 0 Å². The summed E-state index contributed by atoms with van der Waals surface area (Å²) in [7, 11) is 0. The van der Waals surface area contributed by atoms with Crippen molar-refractivity contribution in [3.05, 3.63) is 23.7 Å². The molecule has 5 rings (SSSR count). The van der Waals surface area contributed by atoms with Gasteiger partial charge in [0, 0.05) is 32.1 Å². The van der Waals surface area contributed by atoms with Crippen molar-refractivity contribution in [3.8, 4) is 6.07 Å². The molecule has 10 nitrogen and oxygen atoms in total. The number of aromatic nitrogens is 6. The van der Waals surface area contributed by atoms with E-state index >= 15 is 0 Å². The van der Waals surface area contributed by atoms with Gasteiger partial charge in [-0.15, -0.1) is 14.8 Å². The first-order valence-corrected chi connectivity index (χ1v) is 8.28. The van der Waals surface area contributed by atoms with Crippen LogP contribution in [-0.2, 0) is 0 Å². The van der Waals surface area contributed by atoms with E-state index in [1.165, 1.54) is 4.63 Å². The average molecular weight is 337 g/mol. The van der Waals surface area contributed by atoms with Gasteiger partial charge in [0.05, 0.1) is 0 Å². The first-order valence-electron chi connectivity index (χ1n) is 8.28. The zero-order chi connectivity index (χ0) is 16.8. The normalized spacial score (nSPS) is 17.9. The van der Waals surface area contributed by atoms with Crippen molar-refractivity contribution in [3.63, 3.8) is 0 Å². The predicted octanol–water partition coefficient (Wildman–Crippen LogP) is 0.583. The van der Waals surface area contributed by atoms with Crippen LogP contribution in [0.1, 0.15) is 30.3 Å². The fraction of sp³-hybridized carbons (Fsp3) is 0.467. The van der Waals surface area contributed by atoms with Crippen LogP contribution in [0.5, 0.6) is 0 Å². The van der Waals surface area contributed by atoms with Crippen LogP contribution in [0.4, 0.5) is 11.7 Å². The Kier molecular flexibility index (Phi) is 3.06. The minimum absolute atomic E-state index is 0.392. The summed E-state index contributed by atoms with van der Waals surface area (Å²) in [6.45, 7) is 3.02. The van der Waals surface area contributed by atoms with E-state index in [0.29, 0.717) is 29.0 Å². The van der Waals surface area contributed by atoms with Crippen LogP contribution in [0.3, 0.4) is 0 Å². The lowest BCUT2D eigenvalue weighted by atomic mass is 10.3. The van der Waals surface area contributed by atoms with Gasteiger partial charge >= 0.3 is 0 Å². The molecule has 0 spiro atoms. The highest BCUT2D eigenvalue weighted by molar-refractivity contribution is 5.51. The molecule has 0 amide bonds. The number of hydrogen-bond acceptors (Lipinski definition) is 9. The molecule has 0 radical (unpaired) electrons. The third-order valence-corrected chi connectivity index (χ3v) is 4.60. The van der Waals surface area contributed by atoms with Crippen molar-refractivity contribution in [2.24, 2.45) is 0 Å². The van der Waals surface area contributed by atoms with E-state index in [2.05, 4.69) is 41.5 Å². The van der Waals surface area contributed by atoms with Crippen molar-refractivity contribution < 1.29 is 4.42 Å². The maximum absolute atomic E-state index is 9.33. The first kappa shape index (κ1) is 14.2. The number of tetrazole rings is 1. The molecule has 25 heavy (non-hydrogen) atoms. The fourth-order valence-corrected chi connectivity index (χ4v) is 3.07. The number of anilines is 2. The molecule has 0 N–H and O–H groups in total. The molecule has 0 unspecified atom stereocenters.